The lowest BCUT2D eigenvalue weighted by molar-refractivity contribution is -0.0627. The van der Waals surface area contributed by atoms with Gasteiger partial charge >= 0.3 is 0 Å². The number of alkyl halides is 2. The lowest BCUT2D eigenvalue weighted by Crippen LogP contribution is -2.45. The van der Waals surface area contributed by atoms with E-state index >= 15 is 0 Å². The third kappa shape index (κ3) is 5.15. The van der Waals surface area contributed by atoms with Gasteiger partial charge in [0, 0.05) is 51.1 Å². The molecule has 0 saturated carbocycles. The summed E-state index contributed by atoms with van der Waals surface area (Å²) in [6.45, 7) is 7.42. The van der Waals surface area contributed by atoms with E-state index in [0.29, 0.717) is 25.2 Å². The highest BCUT2D eigenvalue weighted by atomic mass is 19.3. The van der Waals surface area contributed by atoms with Crippen LogP contribution in [0.4, 0.5) is 8.78 Å². The molecule has 0 spiro atoms. The average molecular weight is 304 g/mol. The van der Waals surface area contributed by atoms with Crippen molar-refractivity contribution >= 4 is 0 Å². The Balaban J connectivity index is 1.67. The zero-order valence-electron chi connectivity index (χ0n) is 13.4. The molecule has 0 radical (unpaired) electrons. The molecule has 2 aliphatic heterocycles. The molecule has 0 aliphatic carbocycles. The number of piperidine rings is 2. The van der Waals surface area contributed by atoms with E-state index in [-0.39, 0.29) is 18.9 Å². The Labute approximate surface area is 127 Å². The van der Waals surface area contributed by atoms with E-state index in [9.17, 15) is 13.9 Å². The van der Waals surface area contributed by atoms with Crippen LogP contribution >= 0.6 is 0 Å². The fourth-order valence-corrected chi connectivity index (χ4v) is 3.47. The second kappa shape index (κ2) is 7.34. The van der Waals surface area contributed by atoms with Crippen LogP contribution in [0.3, 0.4) is 0 Å². The summed E-state index contributed by atoms with van der Waals surface area (Å²) < 4.78 is 26.4. The summed E-state index contributed by atoms with van der Waals surface area (Å²) in [6.07, 6.45) is 3.81. The zero-order valence-corrected chi connectivity index (χ0v) is 13.4. The van der Waals surface area contributed by atoms with Crippen molar-refractivity contribution in [3.05, 3.63) is 0 Å². The van der Waals surface area contributed by atoms with Crippen molar-refractivity contribution in [3.8, 4) is 0 Å². The van der Waals surface area contributed by atoms with Gasteiger partial charge in [0.1, 0.15) is 0 Å². The number of hydrogen-bond acceptors (Lipinski definition) is 3. The second-order valence-corrected chi connectivity index (χ2v) is 6.93. The number of halogens is 2. The molecule has 2 rings (SSSR count). The van der Waals surface area contributed by atoms with Crippen molar-refractivity contribution in [1.82, 2.24) is 9.80 Å². The third-order valence-electron chi connectivity index (χ3n) is 5.28. The van der Waals surface area contributed by atoms with Crippen LogP contribution < -0.4 is 0 Å². The lowest BCUT2D eigenvalue weighted by atomic mass is 10.00. The fraction of sp³-hybridized carbons (Fsp3) is 1.00. The number of hydrogen-bond donors (Lipinski definition) is 1. The molecule has 0 amide bonds. The van der Waals surface area contributed by atoms with Gasteiger partial charge in [-0.3, -0.25) is 0 Å². The van der Waals surface area contributed by atoms with E-state index in [1.54, 1.807) is 0 Å². The van der Waals surface area contributed by atoms with Crippen molar-refractivity contribution < 1.29 is 13.9 Å². The minimum Gasteiger partial charge on any atom is -0.393 e. The van der Waals surface area contributed by atoms with Crippen LogP contribution in [-0.2, 0) is 0 Å². The van der Waals surface area contributed by atoms with Crippen molar-refractivity contribution in [2.75, 3.05) is 26.2 Å². The first-order valence-electron chi connectivity index (χ1n) is 8.41. The predicted molar refractivity (Wildman–Crippen MR) is 80.7 cm³/mol. The fourth-order valence-electron chi connectivity index (χ4n) is 3.47. The van der Waals surface area contributed by atoms with Crippen LogP contribution in [0.5, 0.6) is 0 Å². The molecule has 5 heteroatoms. The van der Waals surface area contributed by atoms with E-state index in [1.165, 1.54) is 0 Å². The van der Waals surface area contributed by atoms with E-state index in [2.05, 4.69) is 23.6 Å². The molecule has 2 saturated heterocycles. The van der Waals surface area contributed by atoms with Gasteiger partial charge in [-0.25, -0.2) is 8.78 Å². The summed E-state index contributed by atoms with van der Waals surface area (Å²) in [5, 5.41) is 9.54. The van der Waals surface area contributed by atoms with Gasteiger partial charge < -0.3 is 14.9 Å². The predicted octanol–water partition coefficient (Wildman–Crippen LogP) is 2.73. The van der Waals surface area contributed by atoms with Gasteiger partial charge in [-0.15, -0.1) is 0 Å². The number of rotatable bonds is 5. The van der Waals surface area contributed by atoms with Crippen LogP contribution in [0, 0.1) is 0 Å². The zero-order chi connectivity index (χ0) is 15.5. The summed E-state index contributed by atoms with van der Waals surface area (Å²) in [7, 11) is 0. The summed E-state index contributed by atoms with van der Waals surface area (Å²) >= 11 is 0. The van der Waals surface area contributed by atoms with Gasteiger partial charge in [0.2, 0.25) is 0 Å². The Morgan fingerprint density at radius 3 is 1.86 bits per heavy atom. The van der Waals surface area contributed by atoms with Crippen LogP contribution in [0.25, 0.3) is 0 Å². The van der Waals surface area contributed by atoms with E-state index in [0.717, 1.165) is 38.8 Å². The largest absolute Gasteiger partial charge is 0.393 e. The quantitative estimate of drug-likeness (QED) is 0.846. The Morgan fingerprint density at radius 2 is 1.38 bits per heavy atom. The summed E-state index contributed by atoms with van der Waals surface area (Å²) in [5.74, 6) is -2.45. The Hall–Kier alpha value is -0.260. The summed E-state index contributed by atoms with van der Waals surface area (Å²) in [4.78, 5) is 4.66. The molecule has 124 valence electrons. The Kier molecular flexibility index (Phi) is 5.97. The number of likely N-dealkylation sites (tertiary alicyclic amines) is 2. The molecule has 0 aromatic carbocycles. The van der Waals surface area contributed by atoms with E-state index in [1.807, 2.05) is 0 Å². The molecule has 2 fully saturated rings. The van der Waals surface area contributed by atoms with E-state index < -0.39 is 5.92 Å². The monoisotopic (exact) mass is 304 g/mol. The van der Waals surface area contributed by atoms with Crippen LogP contribution in [0.15, 0.2) is 0 Å². The highest BCUT2D eigenvalue weighted by molar-refractivity contribution is 4.82. The minimum atomic E-state index is -2.45. The maximum atomic E-state index is 13.2. The lowest BCUT2D eigenvalue weighted by Gasteiger charge is -2.38. The molecule has 2 aliphatic rings. The topological polar surface area (TPSA) is 26.7 Å². The normalized spacial score (nSPS) is 28.4. The molecular weight excluding hydrogens is 274 g/mol. The minimum absolute atomic E-state index is 0.0108. The standard InChI is InChI=1S/C16H30F2N2O/c1-13(19-9-5-15(21)6-10-19)3-4-14(2)20-11-7-16(17,18)8-12-20/h13-15,21H,3-12H2,1-2H3. The van der Waals surface area contributed by atoms with Gasteiger partial charge in [-0.2, -0.15) is 0 Å². The second-order valence-electron chi connectivity index (χ2n) is 6.93. The molecule has 2 unspecified atom stereocenters. The number of aliphatic hydroxyl groups is 1. The molecule has 0 aromatic rings. The molecule has 1 N–H and O–H groups in total. The van der Waals surface area contributed by atoms with Crippen LogP contribution in [0.2, 0.25) is 0 Å². The number of nitrogens with zero attached hydrogens (tertiary/aromatic N) is 2. The Bertz CT molecular complexity index is 309. The number of aliphatic hydroxyl groups excluding tert-OH is 1. The molecule has 0 aromatic heterocycles. The molecule has 21 heavy (non-hydrogen) atoms. The molecule has 2 heterocycles. The Morgan fingerprint density at radius 1 is 0.952 bits per heavy atom. The van der Waals surface area contributed by atoms with Gasteiger partial charge in [0.15, 0.2) is 0 Å². The maximum absolute atomic E-state index is 13.2. The van der Waals surface area contributed by atoms with Gasteiger partial charge in [0.25, 0.3) is 5.92 Å². The maximum Gasteiger partial charge on any atom is 0.250 e. The summed E-state index contributed by atoms with van der Waals surface area (Å²) in [6, 6.07) is 0.908. The molecule has 2 atom stereocenters. The van der Waals surface area contributed by atoms with Gasteiger partial charge in [-0.05, 0) is 39.5 Å². The SMILES string of the molecule is CC(CCC(C)N1CCC(F)(F)CC1)N1CCC(O)CC1. The van der Waals surface area contributed by atoms with E-state index in [4.69, 9.17) is 0 Å². The van der Waals surface area contributed by atoms with Crippen molar-refractivity contribution in [2.24, 2.45) is 0 Å². The third-order valence-corrected chi connectivity index (χ3v) is 5.28. The van der Waals surface area contributed by atoms with Gasteiger partial charge in [0.05, 0.1) is 6.10 Å². The first-order chi connectivity index (χ1) is 9.87. The average Bonchev–Trinajstić information content (AvgIpc) is 2.45. The van der Waals surface area contributed by atoms with Crippen molar-refractivity contribution in [2.45, 2.75) is 76.5 Å². The van der Waals surface area contributed by atoms with Gasteiger partial charge in [-0.1, -0.05) is 0 Å². The highest BCUT2D eigenvalue weighted by Gasteiger charge is 2.35. The van der Waals surface area contributed by atoms with Crippen LogP contribution in [0.1, 0.15) is 52.4 Å². The molecule has 0 bridgehead atoms. The smallest absolute Gasteiger partial charge is 0.250 e. The first kappa shape index (κ1) is 17.1. The van der Waals surface area contributed by atoms with Crippen molar-refractivity contribution in [3.63, 3.8) is 0 Å². The molecule has 3 nitrogen and oxygen atoms in total. The highest BCUT2D eigenvalue weighted by Crippen LogP contribution is 2.29. The molecular formula is C16H30F2N2O. The summed E-state index contributed by atoms with van der Waals surface area (Å²) in [5.41, 5.74) is 0. The first-order valence-corrected chi connectivity index (χ1v) is 8.41. The van der Waals surface area contributed by atoms with Crippen LogP contribution in [-0.4, -0.2) is 65.2 Å². The van der Waals surface area contributed by atoms with Crippen molar-refractivity contribution in [1.29, 1.82) is 0 Å².